The van der Waals surface area contributed by atoms with Crippen LogP contribution in [-0.4, -0.2) is 14.8 Å². The molecule has 0 aliphatic rings. The molecule has 0 radical (unpaired) electrons. The Balaban J connectivity index is 2.54. The Labute approximate surface area is 93.7 Å². The Bertz CT molecular complexity index is 449. The second-order valence-corrected chi connectivity index (χ2v) is 4.02. The minimum Gasteiger partial charge on any atom is -0.236 e. The molecule has 0 aliphatic heterocycles. The van der Waals surface area contributed by atoms with Crippen molar-refractivity contribution in [2.75, 3.05) is 0 Å². The van der Waals surface area contributed by atoms with Gasteiger partial charge < -0.3 is 0 Å². The van der Waals surface area contributed by atoms with E-state index in [1.165, 1.54) is 0 Å². The van der Waals surface area contributed by atoms with E-state index in [0.717, 1.165) is 5.56 Å². The van der Waals surface area contributed by atoms with Crippen LogP contribution in [0.25, 0.3) is 5.82 Å². The molecule has 0 spiro atoms. The van der Waals surface area contributed by atoms with Crippen molar-refractivity contribution in [3.63, 3.8) is 0 Å². The molecule has 15 heavy (non-hydrogen) atoms. The molecule has 2 aromatic rings. The van der Waals surface area contributed by atoms with Crippen LogP contribution in [0.4, 0.5) is 0 Å². The molecule has 0 bridgehead atoms. The number of pyridine rings is 1. The molecule has 0 amide bonds. The summed E-state index contributed by atoms with van der Waals surface area (Å²) in [7, 11) is 0. The van der Waals surface area contributed by atoms with E-state index in [-0.39, 0.29) is 0 Å². The molecule has 0 fully saturated rings. The summed E-state index contributed by atoms with van der Waals surface area (Å²) < 4.78 is 1.67. The zero-order valence-corrected chi connectivity index (χ0v) is 9.44. The average molecular weight is 222 g/mol. The Morgan fingerprint density at radius 3 is 2.73 bits per heavy atom. The molecule has 0 aliphatic carbocycles. The third-order valence-electron chi connectivity index (χ3n) is 2.24. The molecule has 0 aromatic carbocycles. The second kappa shape index (κ2) is 4.03. The van der Waals surface area contributed by atoms with E-state index >= 15 is 0 Å². The molecule has 2 aromatic heterocycles. The fourth-order valence-electron chi connectivity index (χ4n) is 1.45. The standard InChI is InChI=1S/C11H12ClN3/c1-8(2)9-4-6-13-11(10(9)12)15-7-3-5-14-15/h3-8H,1-2H3. The molecule has 2 rings (SSSR count). The van der Waals surface area contributed by atoms with Gasteiger partial charge in [-0.05, 0) is 23.6 Å². The molecular formula is C11H12ClN3. The molecule has 0 saturated heterocycles. The Hall–Kier alpha value is -1.35. The maximum absolute atomic E-state index is 6.27. The first-order chi connectivity index (χ1) is 7.20. The van der Waals surface area contributed by atoms with Crippen molar-refractivity contribution in [3.8, 4) is 5.82 Å². The summed E-state index contributed by atoms with van der Waals surface area (Å²) >= 11 is 6.27. The third-order valence-corrected chi connectivity index (χ3v) is 2.63. The number of hydrogen-bond acceptors (Lipinski definition) is 2. The Morgan fingerprint density at radius 2 is 2.13 bits per heavy atom. The zero-order chi connectivity index (χ0) is 10.8. The Kier molecular flexibility index (Phi) is 2.73. The molecular weight excluding hydrogens is 210 g/mol. The fourth-order valence-corrected chi connectivity index (χ4v) is 1.86. The van der Waals surface area contributed by atoms with Gasteiger partial charge >= 0.3 is 0 Å². The van der Waals surface area contributed by atoms with Crippen molar-refractivity contribution in [3.05, 3.63) is 41.3 Å². The third kappa shape index (κ3) is 1.88. The molecule has 0 atom stereocenters. The summed E-state index contributed by atoms with van der Waals surface area (Å²) in [6.45, 7) is 4.21. The number of hydrogen-bond donors (Lipinski definition) is 0. The van der Waals surface area contributed by atoms with Crippen LogP contribution in [0.15, 0.2) is 30.7 Å². The number of aromatic nitrogens is 3. The van der Waals surface area contributed by atoms with E-state index in [1.54, 1.807) is 17.1 Å². The lowest BCUT2D eigenvalue weighted by molar-refractivity contribution is 0.821. The van der Waals surface area contributed by atoms with E-state index in [0.29, 0.717) is 16.8 Å². The van der Waals surface area contributed by atoms with Crippen LogP contribution in [0.2, 0.25) is 5.02 Å². The predicted octanol–water partition coefficient (Wildman–Crippen LogP) is 3.04. The van der Waals surface area contributed by atoms with E-state index in [1.807, 2.05) is 18.3 Å². The van der Waals surface area contributed by atoms with Gasteiger partial charge in [-0.2, -0.15) is 5.10 Å². The van der Waals surface area contributed by atoms with Crippen molar-refractivity contribution in [2.24, 2.45) is 0 Å². The molecule has 0 N–H and O–H groups in total. The summed E-state index contributed by atoms with van der Waals surface area (Å²) in [5.41, 5.74) is 1.09. The van der Waals surface area contributed by atoms with E-state index in [9.17, 15) is 0 Å². The van der Waals surface area contributed by atoms with Gasteiger partial charge in [-0.1, -0.05) is 25.4 Å². The summed E-state index contributed by atoms with van der Waals surface area (Å²) in [4.78, 5) is 4.23. The van der Waals surface area contributed by atoms with Crippen LogP contribution in [-0.2, 0) is 0 Å². The lowest BCUT2D eigenvalue weighted by Crippen LogP contribution is -2.01. The highest BCUT2D eigenvalue weighted by molar-refractivity contribution is 6.33. The highest BCUT2D eigenvalue weighted by Gasteiger charge is 2.11. The van der Waals surface area contributed by atoms with Crippen LogP contribution in [0.5, 0.6) is 0 Å². The van der Waals surface area contributed by atoms with Gasteiger partial charge in [0.2, 0.25) is 0 Å². The van der Waals surface area contributed by atoms with Gasteiger partial charge in [0, 0.05) is 18.6 Å². The van der Waals surface area contributed by atoms with E-state index in [4.69, 9.17) is 11.6 Å². The maximum Gasteiger partial charge on any atom is 0.172 e. The molecule has 0 saturated carbocycles. The smallest absolute Gasteiger partial charge is 0.172 e. The average Bonchev–Trinajstić information content (AvgIpc) is 2.70. The highest BCUT2D eigenvalue weighted by atomic mass is 35.5. The van der Waals surface area contributed by atoms with E-state index in [2.05, 4.69) is 23.9 Å². The summed E-state index contributed by atoms with van der Waals surface area (Å²) in [5, 5.41) is 4.79. The van der Waals surface area contributed by atoms with Crippen molar-refractivity contribution < 1.29 is 0 Å². The molecule has 78 valence electrons. The number of nitrogens with zero attached hydrogens (tertiary/aromatic N) is 3. The van der Waals surface area contributed by atoms with Gasteiger partial charge in [-0.25, -0.2) is 9.67 Å². The predicted molar refractivity (Wildman–Crippen MR) is 60.5 cm³/mol. The monoisotopic (exact) mass is 221 g/mol. The van der Waals surface area contributed by atoms with Crippen LogP contribution in [0.3, 0.4) is 0 Å². The first-order valence-electron chi connectivity index (χ1n) is 4.84. The fraction of sp³-hybridized carbons (Fsp3) is 0.273. The SMILES string of the molecule is CC(C)c1ccnc(-n2cccn2)c1Cl. The largest absolute Gasteiger partial charge is 0.236 e. The molecule has 0 unspecified atom stereocenters. The van der Waals surface area contributed by atoms with Gasteiger partial charge in [0.05, 0.1) is 5.02 Å². The number of rotatable bonds is 2. The van der Waals surface area contributed by atoms with E-state index < -0.39 is 0 Å². The van der Waals surface area contributed by atoms with Crippen LogP contribution < -0.4 is 0 Å². The first kappa shape index (κ1) is 10.2. The maximum atomic E-state index is 6.27. The quantitative estimate of drug-likeness (QED) is 0.781. The second-order valence-electron chi connectivity index (χ2n) is 3.64. The highest BCUT2D eigenvalue weighted by Crippen LogP contribution is 2.27. The minimum absolute atomic E-state index is 0.384. The van der Waals surface area contributed by atoms with Crippen LogP contribution in [0.1, 0.15) is 25.3 Å². The number of halogens is 1. The van der Waals surface area contributed by atoms with Gasteiger partial charge in [-0.3, -0.25) is 0 Å². The molecule has 3 nitrogen and oxygen atoms in total. The topological polar surface area (TPSA) is 30.7 Å². The summed E-state index contributed by atoms with van der Waals surface area (Å²) in [6, 6.07) is 3.79. The Morgan fingerprint density at radius 1 is 1.33 bits per heavy atom. The van der Waals surface area contributed by atoms with Crippen molar-refractivity contribution in [1.82, 2.24) is 14.8 Å². The molecule has 4 heteroatoms. The lowest BCUT2D eigenvalue weighted by atomic mass is 10.1. The summed E-state index contributed by atoms with van der Waals surface area (Å²) in [5.74, 6) is 1.07. The van der Waals surface area contributed by atoms with Gasteiger partial charge in [0.1, 0.15) is 0 Å². The zero-order valence-electron chi connectivity index (χ0n) is 8.68. The van der Waals surface area contributed by atoms with Gasteiger partial charge in [0.15, 0.2) is 5.82 Å². The van der Waals surface area contributed by atoms with Crippen molar-refractivity contribution >= 4 is 11.6 Å². The molecule has 2 heterocycles. The first-order valence-corrected chi connectivity index (χ1v) is 5.22. The normalized spacial score (nSPS) is 10.9. The summed E-state index contributed by atoms with van der Waals surface area (Å²) in [6.07, 6.45) is 5.30. The van der Waals surface area contributed by atoms with Gasteiger partial charge in [-0.15, -0.1) is 0 Å². The van der Waals surface area contributed by atoms with Gasteiger partial charge in [0.25, 0.3) is 0 Å². The van der Waals surface area contributed by atoms with Crippen molar-refractivity contribution in [1.29, 1.82) is 0 Å². The van der Waals surface area contributed by atoms with Crippen LogP contribution >= 0.6 is 11.6 Å². The lowest BCUT2D eigenvalue weighted by Gasteiger charge is -2.10. The minimum atomic E-state index is 0.384. The van der Waals surface area contributed by atoms with Crippen LogP contribution in [0, 0.1) is 0 Å². The van der Waals surface area contributed by atoms with Crippen molar-refractivity contribution in [2.45, 2.75) is 19.8 Å².